The molecule has 0 aliphatic carbocycles. The number of β-amino-alcohol motifs (C(OH)–C–C–N with tert-alkyl or cyclic N) is 2. The lowest BCUT2D eigenvalue weighted by molar-refractivity contribution is -0.117. The van der Waals surface area contributed by atoms with Crippen molar-refractivity contribution in [1.82, 2.24) is 9.88 Å². The molecule has 1 fully saturated rings. The summed E-state index contributed by atoms with van der Waals surface area (Å²) in [6.07, 6.45) is 0.0473. The fourth-order valence-corrected chi connectivity index (χ4v) is 2.05. The Morgan fingerprint density at radius 1 is 1.44 bits per heavy atom. The van der Waals surface area contributed by atoms with E-state index in [0.29, 0.717) is 18.9 Å². The van der Waals surface area contributed by atoms with Crippen molar-refractivity contribution in [1.29, 1.82) is 0 Å². The molecule has 0 spiro atoms. The molecule has 1 aromatic heterocycles. The van der Waals surface area contributed by atoms with Crippen LogP contribution in [0.15, 0.2) is 22.8 Å². The van der Waals surface area contributed by atoms with Gasteiger partial charge in [0, 0.05) is 23.8 Å². The lowest BCUT2D eigenvalue weighted by atomic mass is 10.3. The fourth-order valence-electron chi connectivity index (χ4n) is 1.81. The zero-order chi connectivity index (χ0) is 13.1. The Kier molecular flexibility index (Phi) is 4.28. The molecule has 0 aromatic carbocycles. The quantitative estimate of drug-likeness (QED) is 0.720. The number of aliphatic hydroxyl groups excluding tert-OH is 2. The summed E-state index contributed by atoms with van der Waals surface area (Å²) >= 11 is 3.26. The Hall–Kier alpha value is -1.02. The Bertz CT molecular complexity index is 416. The third-order valence-corrected chi connectivity index (χ3v) is 3.17. The number of rotatable bonds is 3. The van der Waals surface area contributed by atoms with Gasteiger partial charge in [0.2, 0.25) is 5.91 Å². The number of carbonyl (C=O) groups is 1. The van der Waals surface area contributed by atoms with E-state index in [0.717, 1.165) is 4.47 Å². The van der Waals surface area contributed by atoms with Crippen LogP contribution in [0.25, 0.3) is 0 Å². The zero-order valence-corrected chi connectivity index (χ0v) is 11.2. The highest BCUT2D eigenvalue weighted by atomic mass is 79.9. The molecule has 1 aromatic rings. The average Bonchev–Trinajstić information content (AvgIpc) is 2.61. The van der Waals surface area contributed by atoms with Crippen molar-refractivity contribution in [2.75, 3.05) is 25.0 Å². The summed E-state index contributed by atoms with van der Waals surface area (Å²) in [4.78, 5) is 17.4. The predicted molar refractivity (Wildman–Crippen MR) is 69.0 cm³/mol. The van der Waals surface area contributed by atoms with Gasteiger partial charge in [-0.25, -0.2) is 4.98 Å². The maximum absolute atomic E-state index is 11.7. The van der Waals surface area contributed by atoms with Crippen molar-refractivity contribution >= 4 is 27.7 Å². The first kappa shape index (κ1) is 13.4. The van der Waals surface area contributed by atoms with Crippen LogP contribution < -0.4 is 5.32 Å². The van der Waals surface area contributed by atoms with E-state index < -0.39 is 12.2 Å². The van der Waals surface area contributed by atoms with Crippen molar-refractivity contribution in [2.45, 2.75) is 12.2 Å². The molecule has 18 heavy (non-hydrogen) atoms. The molecule has 2 atom stereocenters. The second-order valence-corrected chi connectivity index (χ2v) is 5.15. The number of aliphatic hydroxyl groups is 2. The molecule has 2 unspecified atom stereocenters. The molecule has 2 rings (SSSR count). The van der Waals surface area contributed by atoms with E-state index in [1.807, 2.05) is 0 Å². The molecule has 0 saturated carbocycles. The van der Waals surface area contributed by atoms with E-state index in [9.17, 15) is 15.0 Å². The van der Waals surface area contributed by atoms with Gasteiger partial charge in [-0.15, -0.1) is 0 Å². The van der Waals surface area contributed by atoms with Gasteiger partial charge in [0.15, 0.2) is 0 Å². The molecule has 3 N–H and O–H groups in total. The van der Waals surface area contributed by atoms with Crippen LogP contribution in [-0.2, 0) is 4.79 Å². The van der Waals surface area contributed by atoms with Gasteiger partial charge in [-0.05, 0) is 28.1 Å². The Balaban J connectivity index is 1.84. The summed E-state index contributed by atoms with van der Waals surface area (Å²) in [5.41, 5.74) is 0. The maximum Gasteiger partial charge on any atom is 0.239 e. The molecule has 7 heteroatoms. The number of hydrogen-bond donors (Lipinski definition) is 3. The smallest absolute Gasteiger partial charge is 0.239 e. The molecule has 1 aliphatic heterocycles. The molecular formula is C11H14BrN3O3. The normalized spacial score (nSPS) is 24.2. The van der Waals surface area contributed by atoms with Crippen molar-refractivity contribution in [3.8, 4) is 0 Å². The van der Waals surface area contributed by atoms with E-state index in [1.165, 1.54) is 0 Å². The van der Waals surface area contributed by atoms with Gasteiger partial charge >= 0.3 is 0 Å². The number of aromatic nitrogens is 1. The van der Waals surface area contributed by atoms with Gasteiger partial charge in [0.05, 0.1) is 18.8 Å². The van der Waals surface area contributed by atoms with Crippen molar-refractivity contribution in [3.63, 3.8) is 0 Å². The molecule has 1 saturated heterocycles. The summed E-state index contributed by atoms with van der Waals surface area (Å²) in [6.45, 7) is 0.747. The van der Waals surface area contributed by atoms with Crippen LogP contribution >= 0.6 is 15.9 Å². The van der Waals surface area contributed by atoms with E-state index in [4.69, 9.17) is 0 Å². The first-order chi connectivity index (χ1) is 8.54. The monoisotopic (exact) mass is 315 g/mol. The molecule has 1 amide bonds. The van der Waals surface area contributed by atoms with E-state index in [-0.39, 0.29) is 12.5 Å². The van der Waals surface area contributed by atoms with Gasteiger partial charge in [-0.2, -0.15) is 0 Å². The van der Waals surface area contributed by atoms with Crippen molar-refractivity contribution in [3.05, 3.63) is 22.8 Å². The highest BCUT2D eigenvalue weighted by Crippen LogP contribution is 2.12. The SMILES string of the molecule is O=C(CN1CC(O)C(O)C1)Nc1ccc(Br)cn1. The summed E-state index contributed by atoms with van der Waals surface area (Å²) in [5, 5.41) is 21.4. The number of likely N-dealkylation sites (tertiary alicyclic amines) is 1. The van der Waals surface area contributed by atoms with Crippen molar-refractivity contribution < 1.29 is 15.0 Å². The summed E-state index contributed by atoms with van der Waals surface area (Å²) in [6, 6.07) is 3.47. The number of carbonyl (C=O) groups excluding carboxylic acids is 1. The summed E-state index contributed by atoms with van der Waals surface area (Å²) in [5.74, 6) is 0.259. The Morgan fingerprint density at radius 3 is 2.67 bits per heavy atom. The minimum absolute atomic E-state index is 0.131. The Morgan fingerprint density at radius 2 is 2.11 bits per heavy atom. The van der Waals surface area contributed by atoms with Gasteiger partial charge < -0.3 is 15.5 Å². The van der Waals surface area contributed by atoms with Crippen LogP contribution in [0.5, 0.6) is 0 Å². The van der Waals surface area contributed by atoms with Crippen LogP contribution in [-0.4, -0.2) is 57.8 Å². The van der Waals surface area contributed by atoms with Crippen LogP contribution in [0.1, 0.15) is 0 Å². The molecule has 1 aliphatic rings. The molecule has 98 valence electrons. The highest BCUT2D eigenvalue weighted by molar-refractivity contribution is 9.10. The van der Waals surface area contributed by atoms with Gasteiger partial charge in [0.25, 0.3) is 0 Å². The van der Waals surface area contributed by atoms with Gasteiger partial charge in [0.1, 0.15) is 5.82 Å². The number of hydrogen-bond acceptors (Lipinski definition) is 5. The summed E-state index contributed by atoms with van der Waals surface area (Å²) < 4.78 is 0.839. The van der Waals surface area contributed by atoms with E-state index in [2.05, 4.69) is 26.2 Å². The third-order valence-electron chi connectivity index (χ3n) is 2.70. The number of amides is 1. The molecule has 2 heterocycles. The number of nitrogens with one attached hydrogen (secondary N) is 1. The number of anilines is 1. The zero-order valence-electron chi connectivity index (χ0n) is 9.58. The minimum atomic E-state index is -0.774. The topological polar surface area (TPSA) is 85.7 Å². The molecule has 0 bridgehead atoms. The second-order valence-electron chi connectivity index (χ2n) is 4.24. The first-order valence-corrected chi connectivity index (χ1v) is 6.34. The lowest BCUT2D eigenvalue weighted by Gasteiger charge is -2.13. The lowest BCUT2D eigenvalue weighted by Crippen LogP contribution is -2.32. The largest absolute Gasteiger partial charge is 0.389 e. The van der Waals surface area contributed by atoms with Crippen LogP contribution in [0.2, 0.25) is 0 Å². The highest BCUT2D eigenvalue weighted by Gasteiger charge is 2.30. The second kappa shape index (κ2) is 5.75. The minimum Gasteiger partial charge on any atom is -0.389 e. The van der Waals surface area contributed by atoms with Crippen LogP contribution in [0.4, 0.5) is 5.82 Å². The van der Waals surface area contributed by atoms with E-state index >= 15 is 0 Å². The molecule has 0 radical (unpaired) electrons. The van der Waals surface area contributed by atoms with Crippen LogP contribution in [0.3, 0.4) is 0 Å². The first-order valence-electron chi connectivity index (χ1n) is 5.54. The average molecular weight is 316 g/mol. The van der Waals surface area contributed by atoms with E-state index in [1.54, 1.807) is 23.2 Å². The standard InChI is InChI=1S/C11H14BrN3O3/c12-7-1-2-10(13-3-7)14-11(18)6-15-4-8(16)9(17)5-15/h1-3,8-9,16-17H,4-6H2,(H,13,14,18). The van der Waals surface area contributed by atoms with Gasteiger partial charge in [-0.3, -0.25) is 9.69 Å². The van der Waals surface area contributed by atoms with Crippen LogP contribution in [0, 0.1) is 0 Å². The number of nitrogens with zero attached hydrogens (tertiary/aromatic N) is 2. The molecular weight excluding hydrogens is 302 g/mol. The Labute approximate surface area is 113 Å². The number of pyridine rings is 1. The maximum atomic E-state index is 11.7. The predicted octanol–water partition coefficient (Wildman–Crippen LogP) is -0.180. The summed E-state index contributed by atoms with van der Waals surface area (Å²) in [7, 11) is 0. The van der Waals surface area contributed by atoms with Crippen molar-refractivity contribution in [2.24, 2.45) is 0 Å². The number of halogens is 1. The fraction of sp³-hybridized carbons (Fsp3) is 0.455. The van der Waals surface area contributed by atoms with Gasteiger partial charge in [-0.1, -0.05) is 0 Å². The third kappa shape index (κ3) is 3.49. The molecule has 6 nitrogen and oxygen atoms in total.